The molecule has 1 atom stereocenters. The van der Waals surface area contributed by atoms with Crippen molar-refractivity contribution in [2.24, 2.45) is 0 Å². The van der Waals surface area contributed by atoms with Gasteiger partial charge in [-0.05, 0) is 37.9 Å². The minimum atomic E-state index is 0.261. The molecule has 0 spiro atoms. The van der Waals surface area contributed by atoms with Crippen LogP contribution in [0.2, 0.25) is 5.02 Å². The number of rotatable bonds is 2. The minimum absolute atomic E-state index is 0.261. The third kappa shape index (κ3) is 2.64. The average Bonchev–Trinajstić information content (AvgIpc) is 2.25. The molecule has 82 valence electrons. The van der Waals surface area contributed by atoms with E-state index >= 15 is 0 Å². The van der Waals surface area contributed by atoms with E-state index in [0.717, 1.165) is 30.8 Å². The van der Waals surface area contributed by atoms with Crippen LogP contribution in [0, 0.1) is 6.92 Å². The van der Waals surface area contributed by atoms with E-state index in [2.05, 4.69) is 5.32 Å². The Morgan fingerprint density at radius 3 is 3.00 bits per heavy atom. The molecule has 1 N–H and O–H groups in total. The molecule has 2 rings (SSSR count). The van der Waals surface area contributed by atoms with Gasteiger partial charge in [0.2, 0.25) is 0 Å². The third-order valence-electron chi connectivity index (χ3n) is 2.70. The molecule has 0 bridgehead atoms. The van der Waals surface area contributed by atoms with E-state index in [9.17, 15) is 0 Å². The summed E-state index contributed by atoms with van der Waals surface area (Å²) >= 11 is 6.10. The first kappa shape index (κ1) is 10.8. The van der Waals surface area contributed by atoms with Crippen LogP contribution >= 0.6 is 11.6 Å². The van der Waals surface area contributed by atoms with Gasteiger partial charge >= 0.3 is 0 Å². The van der Waals surface area contributed by atoms with E-state index in [1.54, 1.807) is 0 Å². The van der Waals surface area contributed by atoms with Crippen LogP contribution in [0.15, 0.2) is 18.2 Å². The Bertz CT molecular complexity index is 314. The molecule has 1 aliphatic heterocycles. The highest BCUT2D eigenvalue weighted by atomic mass is 35.5. The predicted molar refractivity (Wildman–Crippen MR) is 62.7 cm³/mol. The summed E-state index contributed by atoms with van der Waals surface area (Å²) in [5.74, 6) is 0.841. The zero-order chi connectivity index (χ0) is 10.7. The fourth-order valence-corrected chi connectivity index (χ4v) is 2.12. The van der Waals surface area contributed by atoms with Crippen molar-refractivity contribution in [3.63, 3.8) is 0 Å². The van der Waals surface area contributed by atoms with Gasteiger partial charge < -0.3 is 10.1 Å². The van der Waals surface area contributed by atoms with Crippen LogP contribution in [0.3, 0.4) is 0 Å². The average molecular weight is 226 g/mol. The standard InChI is InChI=1S/C12H16ClNO/c1-9-4-2-6-11(13)12(9)15-10-5-3-7-14-8-10/h2,4,6,10,14H,3,5,7-8H2,1H3. The van der Waals surface area contributed by atoms with Crippen LogP contribution in [-0.2, 0) is 0 Å². The fourth-order valence-electron chi connectivity index (χ4n) is 1.85. The van der Waals surface area contributed by atoms with Gasteiger partial charge in [0, 0.05) is 6.54 Å². The van der Waals surface area contributed by atoms with E-state index in [4.69, 9.17) is 16.3 Å². The number of piperidine rings is 1. The lowest BCUT2D eigenvalue weighted by atomic mass is 10.1. The van der Waals surface area contributed by atoms with Crippen molar-refractivity contribution >= 4 is 11.6 Å². The van der Waals surface area contributed by atoms with Crippen LogP contribution in [-0.4, -0.2) is 19.2 Å². The molecule has 1 saturated heterocycles. The lowest BCUT2D eigenvalue weighted by Gasteiger charge is -2.25. The zero-order valence-electron chi connectivity index (χ0n) is 8.92. The molecule has 0 aliphatic carbocycles. The van der Waals surface area contributed by atoms with E-state index < -0.39 is 0 Å². The monoisotopic (exact) mass is 225 g/mol. The summed E-state index contributed by atoms with van der Waals surface area (Å²) in [5, 5.41) is 4.03. The molecule has 1 heterocycles. The SMILES string of the molecule is Cc1cccc(Cl)c1OC1CCCNC1. The summed E-state index contributed by atoms with van der Waals surface area (Å²) in [7, 11) is 0. The number of hydrogen-bond acceptors (Lipinski definition) is 2. The smallest absolute Gasteiger partial charge is 0.141 e. The Labute approximate surface area is 95.6 Å². The molecule has 0 radical (unpaired) electrons. The minimum Gasteiger partial charge on any atom is -0.487 e. The third-order valence-corrected chi connectivity index (χ3v) is 3.00. The highest BCUT2D eigenvalue weighted by Gasteiger charge is 2.16. The number of para-hydroxylation sites is 1. The Hall–Kier alpha value is -0.730. The molecule has 3 heteroatoms. The summed E-state index contributed by atoms with van der Waals surface area (Å²) in [4.78, 5) is 0. The van der Waals surface area contributed by atoms with Crippen molar-refractivity contribution in [3.05, 3.63) is 28.8 Å². The molecular weight excluding hydrogens is 210 g/mol. The normalized spacial score (nSPS) is 21.3. The maximum Gasteiger partial charge on any atom is 0.141 e. The Morgan fingerprint density at radius 2 is 2.33 bits per heavy atom. The molecule has 0 aromatic heterocycles. The van der Waals surface area contributed by atoms with Gasteiger partial charge in [-0.2, -0.15) is 0 Å². The van der Waals surface area contributed by atoms with Crippen molar-refractivity contribution in [2.75, 3.05) is 13.1 Å². The predicted octanol–water partition coefficient (Wildman–Crippen LogP) is 2.78. The Kier molecular flexibility index (Phi) is 3.49. The summed E-state index contributed by atoms with van der Waals surface area (Å²) < 4.78 is 5.92. The maximum atomic E-state index is 6.10. The van der Waals surface area contributed by atoms with Crippen molar-refractivity contribution in [2.45, 2.75) is 25.9 Å². The summed E-state index contributed by atoms with van der Waals surface area (Å²) in [5.41, 5.74) is 1.10. The van der Waals surface area contributed by atoms with Gasteiger partial charge in [-0.3, -0.25) is 0 Å². The van der Waals surface area contributed by atoms with Crippen LogP contribution in [0.5, 0.6) is 5.75 Å². The van der Waals surface area contributed by atoms with E-state index in [0.29, 0.717) is 5.02 Å². The molecule has 2 nitrogen and oxygen atoms in total. The second-order valence-electron chi connectivity index (χ2n) is 3.97. The van der Waals surface area contributed by atoms with Crippen LogP contribution in [0.4, 0.5) is 0 Å². The molecule has 1 aromatic carbocycles. The van der Waals surface area contributed by atoms with Crippen molar-refractivity contribution in [3.8, 4) is 5.75 Å². The number of hydrogen-bond donors (Lipinski definition) is 1. The fraction of sp³-hybridized carbons (Fsp3) is 0.500. The lowest BCUT2D eigenvalue weighted by Crippen LogP contribution is -2.37. The second-order valence-corrected chi connectivity index (χ2v) is 4.38. The van der Waals surface area contributed by atoms with Gasteiger partial charge in [-0.1, -0.05) is 23.7 Å². The molecule has 0 saturated carbocycles. The molecule has 1 aromatic rings. The van der Waals surface area contributed by atoms with Crippen molar-refractivity contribution < 1.29 is 4.74 Å². The first-order chi connectivity index (χ1) is 7.27. The number of halogens is 1. The summed E-state index contributed by atoms with van der Waals surface area (Å²) in [6.07, 6.45) is 2.54. The first-order valence-corrected chi connectivity index (χ1v) is 5.77. The zero-order valence-corrected chi connectivity index (χ0v) is 9.68. The van der Waals surface area contributed by atoms with Gasteiger partial charge in [0.15, 0.2) is 0 Å². The second kappa shape index (κ2) is 4.86. The van der Waals surface area contributed by atoms with Gasteiger partial charge in [0.25, 0.3) is 0 Å². The molecule has 15 heavy (non-hydrogen) atoms. The number of nitrogens with one attached hydrogen (secondary N) is 1. The highest BCUT2D eigenvalue weighted by Crippen LogP contribution is 2.29. The van der Waals surface area contributed by atoms with E-state index in [1.165, 1.54) is 6.42 Å². The van der Waals surface area contributed by atoms with Crippen LogP contribution < -0.4 is 10.1 Å². The topological polar surface area (TPSA) is 21.3 Å². The number of ether oxygens (including phenoxy) is 1. The summed E-state index contributed by atoms with van der Waals surface area (Å²) in [6.45, 7) is 4.05. The molecular formula is C12H16ClNO. The van der Waals surface area contributed by atoms with Gasteiger partial charge in [0.1, 0.15) is 11.9 Å². The lowest BCUT2D eigenvalue weighted by molar-refractivity contribution is 0.166. The summed E-state index contributed by atoms with van der Waals surface area (Å²) in [6, 6.07) is 5.85. The number of aryl methyl sites for hydroxylation is 1. The van der Waals surface area contributed by atoms with E-state index in [-0.39, 0.29) is 6.10 Å². The van der Waals surface area contributed by atoms with Gasteiger partial charge in [0.05, 0.1) is 5.02 Å². The highest BCUT2D eigenvalue weighted by molar-refractivity contribution is 6.32. The molecule has 0 amide bonds. The van der Waals surface area contributed by atoms with Crippen molar-refractivity contribution in [1.82, 2.24) is 5.32 Å². The van der Waals surface area contributed by atoms with Gasteiger partial charge in [-0.25, -0.2) is 0 Å². The Morgan fingerprint density at radius 1 is 1.47 bits per heavy atom. The quantitative estimate of drug-likeness (QED) is 0.836. The van der Waals surface area contributed by atoms with Gasteiger partial charge in [-0.15, -0.1) is 0 Å². The molecule has 1 unspecified atom stereocenters. The van der Waals surface area contributed by atoms with Crippen molar-refractivity contribution in [1.29, 1.82) is 0 Å². The van der Waals surface area contributed by atoms with E-state index in [1.807, 2.05) is 25.1 Å². The maximum absolute atomic E-state index is 6.10. The largest absolute Gasteiger partial charge is 0.487 e. The van der Waals surface area contributed by atoms with Crippen LogP contribution in [0.1, 0.15) is 18.4 Å². The first-order valence-electron chi connectivity index (χ1n) is 5.40. The Balaban J connectivity index is 2.09. The molecule has 1 aliphatic rings. The van der Waals surface area contributed by atoms with Crippen LogP contribution in [0.25, 0.3) is 0 Å². The molecule has 1 fully saturated rings. The number of benzene rings is 1.